The normalized spacial score (nSPS) is 15.0. The van der Waals surface area contributed by atoms with Crippen LogP contribution in [-0.2, 0) is 11.2 Å². The first-order valence-electron chi connectivity index (χ1n) is 11.2. The van der Waals surface area contributed by atoms with Crippen molar-refractivity contribution in [2.45, 2.75) is 68.8 Å². The van der Waals surface area contributed by atoms with Gasteiger partial charge in [0.2, 0.25) is 5.95 Å². The lowest BCUT2D eigenvalue weighted by atomic mass is 9.86. The molecule has 172 valence electrons. The average Bonchev–Trinajstić information content (AvgIpc) is 3.50. The van der Waals surface area contributed by atoms with Crippen molar-refractivity contribution in [2.24, 2.45) is 0 Å². The minimum atomic E-state index is -0.239. The Labute approximate surface area is 195 Å². The molecule has 0 atom stereocenters. The molecule has 5 rings (SSSR count). The molecule has 1 aromatic carbocycles. The Morgan fingerprint density at radius 2 is 1.85 bits per heavy atom. The van der Waals surface area contributed by atoms with Gasteiger partial charge in [-0.2, -0.15) is 9.50 Å². The smallest absolute Gasteiger partial charge is 0.274 e. The summed E-state index contributed by atoms with van der Waals surface area (Å²) in [4.78, 5) is 20.9. The minimum absolute atomic E-state index is 0.102. The summed E-state index contributed by atoms with van der Waals surface area (Å²) in [5.74, 6) is 1.82. The summed E-state index contributed by atoms with van der Waals surface area (Å²) in [7, 11) is 0. The highest BCUT2D eigenvalue weighted by atomic mass is 32.2. The predicted octanol–water partition coefficient (Wildman–Crippen LogP) is 3.96. The van der Waals surface area contributed by atoms with Gasteiger partial charge in [-0.1, -0.05) is 69.6 Å². The first-order chi connectivity index (χ1) is 15.8. The van der Waals surface area contributed by atoms with E-state index in [4.69, 9.17) is 5.73 Å². The highest BCUT2D eigenvalue weighted by Crippen LogP contribution is 2.37. The van der Waals surface area contributed by atoms with Crippen molar-refractivity contribution < 1.29 is 0 Å². The molecule has 0 amide bonds. The Morgan fingerprint density at radius 3 is 2.55 bits per heavy atom. The maximum Gasteiger partial charge on any atom is 0.274 e. The number of nitrogens with zero attached hydrogens (tertiary/aromatic N) is 6. The molecule has 1 aliphatic rings. The van der Waals surface area contributed by atoms with E-state index in [1.165, 1.54) is 29.0 Å². The van der Waals surface area contributed by atoms with Crippen LogP contribution in [0, 0.1) is 0 Å². The van der Waals surface area contributed by atoms with Crippen LogP contribution in [0.25, 0.3) is 17.2 Å². The van der Waals surface area contributed by atoms with E-state index in [0.717, 1.165) is 29.4 Å². The maximum atomic E-state index is 12.3. The zero-order valence-corrected chi connectivity index (χ0v) is 19.9. The molecule has 0 bridgehead atoms. The molecule has 0 radical (unpaired) electrons. The van der Waals surface area contributed by atoms with Crippen molar-refractivity contribution in [1.29, 1.82) is 0 Å². The van der Waals surface area contributed by atoms with Crippen molar-refractivity contribution in [3.63, 3.8) is 0 Å². The first kappa shape index (κ1) is 21.7. The van der Waals surface area contributed by atoms with Crippen LogP contribution in [0.4, 0.5) is 5.95 Å². The van der Waals surface area contributed by atoms with Crippen molar-refractivity contribution in [3.8, 4) is 11.4 Å². The fourth-order valence-corrected chi connectivity index (χ4v) is 5.24. The van der Waals surface area contributed by atoms with Crippen LogP contribution in [0.3, 0.4) is 0 Å². The molecule has 1 aliphatic carbocycles. The Morgan fingerprint density at radius 1 is 1.12 bits per heavy atom. The fraction of sp³-hybridized carbons (Fsp3) is 0.435. The largest absolute Gasteiger partial charge is 0.368 e. The third-order valence-corrected chi connectivity index (χ3v) is 7.09. The monoisotopic (exact) mass is 464 g/mol. The number of fused-ring (bicyclic) bond motifs is 1. The van der Waals surface area contributed by atoms with Gasteiger partial charge in [-0.25, -0.2) is 4.98 Å². The minimum Gasteiger partial charge on any atom is -0.368 e. The Kier molecular flexibility index (Phi) is 5.48. The Hall–Kier alpha value is -3.14. The van der Waals surface area contributed by atoms with Gasteiger partial charge < -0.3 is 5.73 Å². The van der Waals surface area contributed by atoms with E-state index in [1.54, 1.807) is 11.8 Å². The molecule has 1 saturated carbocycles. The highest BCUT2D eigenvalue weighted by molar-refractivity contribution is 7.98. The zero-order chi connectivity index (χ0) is 23.2. The van der Waals surface area contributed by atoms with Gasteiger partial charge in [0.1, 0.15) is 0 Å². The van der Waals surface area contributed by atoms with E-state index in [-0.39, 0.29) is 22.7 Å². The molecule has 0 spiro atoms. The van der Waals surface area contributed by atoms with E-state index in [1.807, 2.05) is 0 Å². The number of hydrogen-bond donors (Lipinski definition) is 2. The summed E-state index contributed by atoms with van der Waals surface area (Å²) in [5, 5.41) is 12.6. The van der Waals surface area contributed by atoms with Crippen LogP contribution in [-0.4, -0.2) is 34.3 Å². The highest BCUT2D eigenvalue weighted by Gasteiger charge is 2.25. The van der Waals surface area contributed by atoms with Crippen molar-refractivity contribution in [3.05, 3.63) is 51.9 Å². The van der Waals surface area contributed by atoms with E-state index in [0.29, 0.717) is 17.5 Å². The van der Waals surface area contributed by atoms with Crippen LogP contribution in [0.15, 0.2) is 40.3 Å². The summed E-state index contributed by atoms with van der Waals surface area (Å²) in [6, 6.07) is 10.5. The van der Waals surface area contributed by atoms with Crippen LogP contribution in [0.2, 0.25) is 0 Å². The summed E-state index contributed by atoms with van der Waals surface area (Å²) < 4.78 is 3.52. The van der Waals surface area contributed by atoms with E-state index in [9.17, 15) is 4.79 Å². The molecule has 3 aromatic heterocycles. The SMILES string of the molecule is CC(C)(C)c1ccc(-c2nnc(SCc3cc(=O)n4[nH]c(N)nc4n3)n2C2CCCC2)cc1. The summed E-state index contributed by atoms with van der Waals surface area (Å²) in [5.41, 5.74) is 8.52. The molecular formula is C23H28N8OS. The van der Waals surface area contributed by atoms with Gasteiger partial charge in [0, 0.05) is 23.4 Å². The summed E-state index contributed by atoms with van der Waals surface area (Å²) >= 11 is 1.54. The number of thioether (sulfide) groups is 1. The van der Waals surface area contributed by atoms with Gasteiger partial charge >= 0.3 is 0 Å². The van der Waals surface area contributed by atoms with E-state index >= 15 is 0 Å². The van der Waals surface area contributed by atoms with Gasteiger partial charge in [-0.15, -0.1) is 10.2 Å². The molecule has 3 N–H and O–H groups in total. The molecule has 0 aliphatic heterocycles. The molecule has 33 heavy (non-hydrogen) atoms. The average molecular weight is 465 g/mol. The lowest BCUT2D eigenvalue weighted by Crippen LogP contribution is -2.15. The number of H-pyrrole nitrogens is 1. The number of nitrogens with one attached hydrogen (secondary N) is 1. The predicted molar refractivity (Wildman–Crippen MR) is 129 cm³/mol. The Bertz CT molecular complexity index is 1340. The molecule has 10 heteroatoms. The number of aromatic amines is 1. The number of aromatic nitrogens is 7. The lowest BCUT2D eigenvalue weighted by Gasteiger charge is -2.20. The topological polar surface area (TPSA) is 120 Å². The number of nitrogen functional groups attached to an aromatic ring is 1. The molecule has 0 saturated heterocycles. The van der Waals surface area contributed by atoms with Crippen molar-refractivity contribution in [1.82, 2.24) is 34.3 Å². The second kappa shape index (κ2) is 8.33. The van der Waals surface area contributed by atoms with Crippen molar-refractivity contribution in [2.75, 3.05) is 5.73 Å². The van der Waals surface area contributed by atoms with Crippen LogP contribution >= 0.6 is 11.8 Å². The van der Waals surface area contributed by atoms with Gasteiger partial charge in [0.25, 0.3) is 11.3 Å². The number of rotatable bonds is 5. The van der Waals surface area contributed by atoms with Crippen LogP contribution in [0.5, 0.6) is 0 Å². The number of nitrogens with two attached hydrogens (primary N) is 1. The third kappa shape index (κ3) is 4.27. The van der Waals surface area contributed by atoms with Gasteiger partial charge in [-0.05, 0) is 23.8 Å². The zero-order valence-electron chi connectivity index (χ0n) is 19.1. The number of hydrogen-bond acceptors (Lipinski definition) is 7. The molecule has 0 unspecified atom stereocenters. The number of benzene rings is 1. The van der Waals surface area contributed by atoms with Gasteiger partial charge in [0.05, 0.1) is 5.69 Å². The second-order valence-corrected chi connectivity index (χ2v) is 10.5. The van der Waals surface area contributed by atoms with Crippen LogP contribution in [0.1, 0.15) is 63.8 Å². The molecule has 1 fully saturated rings. The number of anilines is 1. The maximum absolute atomic E-state index is 12.3. The molecule has 9 nitrogen and oxygen atoms in total. The molecule has 3 heterocycles. The fourth-order valence-electron chi connectivity index (χ4n) is 4.34. The van der Waals surface area contributed by atoms with Crippen LogP contribution < -0.4 is 11.3 Å². The second-order valence-electron chi connectivity index (χ2n) is 9.56. The lowest BCUT2D eigenvalue weighted by molar-refractivity contribution is 0.485. The van der Waals surface area contributed by atoms with E-state index < -0.39 is 0 Å². The third-order valence-electron chi connectivity index (χ3n) is 6.11. The van der Waals surface area contributed by atoms with Gasteiger partial charge in [-0.3, -0.25) is 14.5 Å². The molecular weight excluding hydrogens is 436 g/mol. The molecule has 4 aromatic rings. The standard InChI is InChI=1S/C23H28N8OS/c1-23(2,3)15-10-8-14(9-11-15)19-27-28-22(30(19)17-6-4-5-7-17)33-13-16-12-18(32)31-21(25-16)26-20(24)29-31/h8-12,17H,4-7,13H2,1-3H3,(H3,24,25,26,29). The van der Waals surface area contributed by atoms with E-state index in [2.05, 4.69) is 74.9 Å². The Balaban J connectivity index is 1.45. The summed E-state index contributed by atoms with van der Waals surface area (Å²) in [6.07, 6.45) is 4.67. The summed E-state index contributed by atoms with van der Waals surface area (Å²) in [6.45, 7) is 6.64. The van der Waals surface area contributed by atoms with Gasteiger partial charge in [0.15, 0.2) is 11.0 Å². The first-order valence-corrected chi connectivity index (χ1v) is 12.2. The quantitative estimate of drug-likeness (QED) is 0.429. The van der Waals surface area contributed by atoms with Crippen molar-refractivity contribution >= 4 is 23.5 Å².